The minimum absolute atomic E-state index is 0.0214. The molecule has 3 aromatic rings. The number of aromatic nitrogens is 1. The van der Waals surface area contributed by atoms with E-state index in [1.807, 2.05) is 23.1 Å². The second kappa shape index (κ2) is 14.7. The minimum Gasteiger partial charge on any atom is -0.479 e. The topological polar surface area (TPSA) is 145 Å². The van der Waals surface area contributed by atoms with Gasteiger partial charge in [0.1, 0.15) is 11.6 Å². The molecule has 11 heteroatoms. The lowest BCUT2D eigenvalue weighted by molar-refractivity contribution is -0.151. The van der Waals surface area contributed by atoms with Gasteiger partial charge in [-0.2, -0.15) is 5.26 Å². The highest BCUT2D eigenvalue weighted by molar-refractivity contribution is 5.94. The standard InChI is InChI=1S/C38H47N5O6/c1-5-41-30(22-28-16-15-27(25-39)21-32(28)41)18-17-29-13-9-19-42(29)34(45)31-14-10-20-43(31)33(44)24-38(35(46)47,23-26-11-7-6-8-12-26)40-36(48)49-37(2,3)4/h6-8,11-12,15-16,21-22,29,31H,5,9-10,13-14,17-20,23-24H2,1-4H3,(H,40,48)(H,46,47)/t29-,31+,38+/m0/s1. The van der Waals surface area contributed by atoms with Crippen LogP contribution < -0.4 is 5.32 Å². The average molecular weight is 670 g/mol. The Bertz CT molecular complexity index is 1740. The van der Waals surface area contributed by atoms with Crippen molar-refractivity contribution in [3.63, 3.8) is 0 Å². The molecule has 2 aliphatic heterocycles. The van der Waals surface area contributed by atoms with E-state index in [9.17, 15) is 29.5 Å². The van der Waals surface area contributed by atoms with E-state index in [2.05, 4.69) is 28.9 Å². The summed E-state index contributed by atoms with van der Waals surface area (Å²) in [7, 11) is 0. The Morgan fingerprint density at radius 2 is 1.71 bits per heavy atom. The van der Waals surface area contributed by atoms with Crippen molar-refractivity contribution in [3.8, 4) is 6.07 Å². The highest BCUT2D eigenvalue weighted by atomic mass is 16.6. The monoisotopic (exact) mass is 669 g/mol. The van der Waals surface area contributed by atoms with Crippen LogP contribution in [0.2, 0.25) is 0 Å². The third-order valence-electron chi connectivity index (χ3n) is 9.64. The van der Waals surface area contributed by atoms with Crippen molar-refractivity contribution < 1.29 is 29.0 Å². The Morgan fingerprint density at radius 3 is 2.39 bits per heavy atom. The maximum atomic E-state index is 14.1. The lowest BCUT2D eigenvalue weighted by Gasteiger charge is -2.35. The first-order valence-corrected chi connectivity index (χ1v) is 17.2. The van der Waals surface area contributed by atoms with Gasteiger partial charge < -0.3 is 29.5 Å². The molecule has 3 atom stereocenters. The SMILES string of the molecule is CCn1c(CC[C@@H]2CCCN2C(=O)[C@H]2CCCN2C(=O)C[C@@](Cc2ccccc2)(NC(=O)OC(C)(C)C)C(=O)O)cc2ccc(C#N)cc21. The van der Waals surface area contributed by atoms with Crippen molar-refractivity contribution in [1.29, 1.82) is 5.26 Å². The summed E-state index contributed by atoms with van der Waals surface area (Å²) in [6.45, 7) is 8.83. The van der Waals surface area contributed by atoms with E-state index in [0.717, 1.165) is 48.8 Å². The van der Waals surface area contributed by atoms with E-state index in [1.54, 1.807) is 51.1 Å². The van der Waals surface area contributed by atoms with E-state index < -0.39 is 41.6 Å². The van der Waals surface area contributed by atoms with Gasteiger partial charge in [0.15, 0.2) is 5.54 Å². The maximum absolute atomic E-state index is 14.1. The summed E-state index contributed by atoms with van der Waals surface area (Å²) in [5, 5.41) is 23.5. The summed E-state index contributed by atoms with van der Waals surface area (Å²) in [4.78, 5) is 57.5. The van der Waals surface area contributed by atoms with Crippen LogP contribution >= 0.6 is 0 Å². The molecule has 0 spiro atoms. The van der Waals surface area contributed by atoms with Gasteiger partial charge in [0, 0.05) is 43.3 Å². The number of likely N-dealkylation sites (tertiary alicyclic amines) is 2. The number of alkyl carbamates (subject to hydrolysis) is 1. The number of aryl methyl sites for hydroxylation is 2. The molecule has 0 aliphatic carbocycles. The van der Waals surface area contributed by atoms with Gasteiger partial charge in [0.25, 0.3) is 0 Å². The van der Waals surface area contributed by atoms with Crippen molar-refractivity contribution in [1.82, 2.24) is 19.7 Å². The zero-order chi connectivity index (χ0) is 35.3. The van der Waals surface area contributed by atoms with Gasteiger partial charge in [-0.25, -0.2) is 9.59 Å². The van der Waals surface area contributed by atoms with Gasteiger partial charge in [-0.05, 0) is 95.4 Å². The van der Waals surface area contributed by atoms with E-state index in [0.29, 0.717) is 37.1 Å². The van der Waals surface area contributed by atoms with E-state index >= 15 is 0 Å². The number of carbonyl (C=O) groups is 4. The maximum Gasteiger partial charge on any atom is 0.408 e. The van der Waals surface area contributed by atoms with Crippen LogP contribution in [0.3, 0.4) is 0 Å². The third-order valence-corrected chi connectivity index (χ3v) is 9.64. The van der Waals surface area contributed by atoms with Crippen LogP contribution in [0.1, 0.15) is 83.0 Å². The molecule has 3 amide bonds. The first-order valence-electron chi connectivity index (χ1n) is 17.2. The van der Waals surface area contributed by atoms with Crippen molar-refractivity contribution in [3.05, 3.63) is 71.4 Å². The van der Waals surface area contributed by atoms with Gasteiger partial charge in [-0.1, -0.05) is 36.4 Å². The number of benzene rings is 2. The molecule has 1 aromatic heterocycles. The summed E-state index contributed by atoms with van der Waals surface area (Å²) in [5.74, 6) is -1.96. The predicted molar refractivity (Wildman–Crippen MR) is 185 cm³/mol. The molecule has 2 saturated heterocycles. The molecule has 2 aliphatic rings. The number of carbonyl (C=O) groups excluding carboxylic acids is 3. The number of hydrogen-bond donors (Lipinski definition) is 2. The molecule has 260 valence electrons. The Hall–Kier alpha value is -4.85. The number of carboxylic acids is 1. The molecule has 0 unspecified atom stereocenters. The van der Waals surface area contributed by atoms with Crippen LogP contribution in [0, 0.1) is 11.3 Å². The number of nitriles is 1. The lowest BCUT2D eigenvalue weighted by atomic mass is 9.86. The number of ether oxygens (including phenoxy) is 1. The highest BCUT2D eigenvalue weighted by Gasteiger charge is 2.47. The number of nitrogens with zero attached hydrogens (tertiary/aromatic N) is 4. The Labute approximate surface area is 287 Å². The zero-order valence-corrected chi connectivity index (χ0v) is 28.9. The normalized spacial score (nSPS) is 19.0. The summed E-state index contributed by atoms with van der Waals surface area (Å²) in [5.41, 5.74) is 0.579. The van der Waals surface area contributed by atoms with Crippen LogP contribution in [-0.2, 0) is 38.5 Å². The van der Waals surface area contributed by atoms with Gasteiger partial charge >= 0.3 is 12.1 Å². The number of amides is 3. The van der Waals surface area contributed by atoms with Crippen LogP contribution in [0.5, 0.6) is 0 Å². The number of nitrogens with one attached hydrogen (secondary N) is 1. The molecule has 49 heavy (non-hydrogen) atoms. The Balaban J connectivity index is 1.32. The van der Waals surface area contributed by atoms with Gasteiger partial charge in [0.2, 0.25) is 11.8 Å². The summed E-state index contributed by atoms with van der Waals surface area (Å²) in [6.07, 6.45) is 2.81. The van der Waals surface area contributed by atoms with Gasteiger partial charge in [-0.3, -0.25) is 9.59 Å². The van der Waals surface area contributed by atoms with Crippen molar-refractivity contribution >= 4 is 34.8 Å². The average Bonchev–Trinajstić information content (AvgIpc) is 3.81. The van der Waals surface area contributed by atoms with Gasteiger partial charge in [-0.15, -0.1) is 0 Å². The third kappa shape index (κ3) is 8.07. The minimum atomic E-state index is -1.99. The van der Waals surface area contributed by atoms with E-state index in [1.165, 1.54) is 4.90 Å². The molecule has 5 rings (SSSR count). The molecule has 2 N–H and O–H groups in total. The molecule has 11 nitrogen and oxygen atoms in total. The second-order valence-corrected chi connectivity index (χ2v) is 14.2. The Morgan fingerprint density at radius 1 is 1.00 bits per heavy atom. The van der Waals surface area contributed by atoms with Gasteiger partial charge in [0.05, 0.1) is 18.1 Å². The molecule has 2 aromatic carbocycles. The molecule has 2 fully saturated rings. The summed E-state index contributed by atoms with van der Waals surface area (Å²) < 4.78 is 7.64. The Kier molecular flexibility index (Phi) is 10.7. The van der Waals surface area contributed by atoms with Crippen molar-refractivity contribution in [2.75, 3.05) is 13.1 Å². The fourth-order valence-corrected chi connectivity index (χ4v) is 7.37. The lowest BCUT2D eigenvalue weighted by Crippen LogP contribution is -2.60. The van der Waals surface area contributed by atoms with Crippen molar-refractivity contribution in [2.24, 2.45) is 0 Å². The number of hydrogen-bond acceptors (Lipinski definition) is 6. The second-order valence-electron chi connectivity index (χ2n) is 14.2. The molecule has 0 saturated carbocycles. The number of fused-ring (bicyclic) bond motifs is 1. The zero-order valence-electron chi connectivity index (χ0n) is 28.9. The summed E-state index contributed by atoms with van der Waals surface area (Å²) in [6, 6.07) is 18.3. The van der Waals surface area contributed by atoms with E-state index in [4.69, 9.17) is 4.74 Å². The molecular weight excluding hydrogens is 622 g/mol. The molecule has 3 heterocycles. The van der Waals surface area contributed by atoms with Crippen molar-refractivity contribution in [2.45, 2.75) is 109 Å². The smallest absolute Gasteiger partial charge is 0.408 e. The van der Waals surface area contributed by atoms with Crippen LogP contribution in [0.15, 0.2) is 54.6 Å². The molecular formula is C38H47N5O6. The first-order chi connectivity index (χ1) is 23.3. The van der Waals surface area contributed by atoms with Crippen LogP contribution in [0.25, 0.3) is 10.9 Å². The molecule has 0 bridgehead atoms. The largest absolute Gasteiger partial charge is 0.479 e. The predicted octanol–water partition coefficient (Wildman–Crippen LogP) is 5.43. The van der Waals surface area contributed by atoms with Crippen LogP contribution in [-0.4, -0.2) is 79.7 Å². The number of aliphatic carboxylic acids is 1. The quantitative estimate of drug-likeness (QED) is 0.277. The summed E-state index contributed by atoms with van der Waals surface area (Å²) >= 11 is 0. The fourth-order valence-electron chi connectivity index (χ4n) is 7.37. The fraction of sp³-hybridized carbons (Fsp3) is 0.500. The van der Waals surface area contributed by atoms with Crippen LogP contribution in [0.4, 0.5) is 4.79 Å². The number of rotatable bonds is 11. The number of carboxylic acid groups (broad SMARTS) is 1. The first kappa shape index (κ1) is 35.5. The molecule has 0 radical (unpaired) electrons. The highest BCUT2D eigenvalue weighted by Crippen LogP contribution is 2.30. The van der Waals surface area contributed by atoms with E-state index in [-0.39, 0.29) is 18.4 Å².